The largest absolute Gasteiger partial charge is 0.351 e. The van der Waals surface area contributed by atoms with Crippen molar-refractivity contribution in [3.05, 3.63) is 65.2 Å². The fourth-order valence-corrected chi connectivity index (χ4v) is 2.96. The number of sulfonamides is 1. The van der Waals surface area contributed by atoms with Crippen LogP contribution >= 0.6 is 0 Å². The van der Waals surface area contributed by atoms with Crippen molar-refractivity contribution < 1.29 is 22.0 Å². The normalized spacial score (nSPS) is 11.3. The van der Waals surface area contributed by atoms with Gasteiger partial charge in [-0.25, -0.2) is 21.9 Å². The Balaban J connectivity index is 1.89. The maximum Gasteiger partial charge on any atom is 0.254 e. The minimum absolute atomic E-state index is 0.0696. The van der Waals surface area contributed by atoms with E-state index in [-0.39, 0.29) is 18.0 Å². The lowest BCUT2D eigenvalue weighted by Gasteiger charge is -2.09. The monoisotopic (exact) mass is 354 g/mol. The lowest BCUT2D eigenvalue weighted by Crippen LogP contribution is -2.35. The van der Waals surface area contributed by atoms with Crippen LogP contribution in [0.5, 0.6) is 0 Å². The van der Waals surface area contributed by atoms with E-state index in [1.807, 2.05) is 6.92 Å². The predicted octanol–water partition coefficient (Wildman–Crippen LogP) is 1.98. The number of aryl methyl sites for hydroxylation is 1. The number of hydrogen-bond acceptors (Lipinski definition) is 3. The highest BCUT2D eigenvalue weighted by Crippen LogP contribution is 2.10. The molecule has 0 aromatic heterocycles. The first kappa shape index (κ1) is 18.0. The van der Waals surface area contributed by atoms with Gasteiger partial charge in [0.2, 0.25) is 10.0 Å². The Hall–Kier alpha value is -2.32. The molecule has 128 valence electrons. The molecule has 24 heavy (non-hydrogen) atoms. The quantitative estimate of drug-likeness (QED) is 0.779. The predicted molar refractivity (Wildman–Crippen MR) is 85.1 cm³/mol. The average Bonchev–Trinajstić information content (AvgIpc) is 2.54. The number of amides is 1. The van der Waals surface area contributed by atoms with Crippen LogP contribution in [-0.4, -0.2) is 27.4 Å². The molecule has 0 saturated heterocycles. The highest BCUT2D eigenvalue weighted by molar-refractivity contribution is 7.89. The third-order valence-corrected chi connectivity index (χ3v) is 4.68. The van der Waals surface area contributed by atoms with Crippen LogP contribution in [0, 0.1) is 18.6 Å². The Labute approximate surface area is 138 Å². The Morgan fingerprint density at radius 2 is 1.71 bits per heavy atom. The number of nitrogens with one attached hydrogen (secondary N) is 2. The van der Waals surface area contributed by atoms with Gasteiger partial charge in [0.05, 0.1) is 10.5 Å². The lowest BCUT2D eigenvalue weighted by atomic mass is 10.2. The van der Waals surface area contributed by atoms with E-state index < -0.39 is 33.1 Å². The summed E-state index contributed by atoms with van der Waals surface area (Å²) < 4.78 is 52.8. The molecule has 0 aliphatic carbocycles. The third kappa shape index (κ3) is 4.59. The van der Waals surface area contributed by atoms with Crippen LogP contribution in [-0.2, 0) is 10.0 Å². The zero-order valence-corrected chi connectivity index (χ0v) is 13.7. The topological polar surface area (TPSA) is 75.3 Å². The van der Waals surface area contributed by atoms with Crippen LogP contribution in [0.3, 0.4) is 0 Å². The molecule has 0 heterocycles. The summed E-state index contributed by atoms with van der Waals surface area (Å²) in [5.74, 6) is -2.41. The summed E-state index contributed by atoms with van der Waals surface area (Å²) in [4.78, 5) is 11.9. The maximum atomic E-state index is 13.4. The first-order valence-electron chi connectivity index (χ1n) is 7.09. The second-order valence-corrected chi connectivity index (χ2v) is 6.86. The van der Waals surface area contributed by atoms with Gasteiger partial charge in [-0.1, -0.05) is 17.7 Å². The lowest BCUT2D eigenvalue weighted by molar-refractivity contribution is 0.0950. The Bertz CT molecular complexity index is 837. The van der Waals surface area contributed by atoms with Crippen molar-refractivity contribution in [2.24, 2.45) is 0 Å². The molecule has 0 aliphatic rings. The Morgan fingerprint density at radius 3 is 2.38 bits per heavy atom. The second-order valence-electron chi connectivity index (χ2n) is 5.09. The molecule has 0 aliphatic heterocycles. The number of hydrogen-bond donors (Lipinski definition) is 2. The first-order valence-corrected chi connectivity index (χ1v) is 8.57. The van der Waals surface area contributed by atoms with E-state index in [1.165, 1.54) is 12.1 Å². The molecule has 2 N–H and O–H groups in total. The van der Waals surface area contributed by atoms with Gasteiger partial charge >= 0.3 is 0 Å². The summed E-state index contributed by atoms with van der Waals surface area (Å²) in [6.07, 6.45) is 0. The van der Waals surface area contributed by atoms with Gasteiger partial charge in [0.15, 0.2) is 0 Å². The molecule has 0 unspecified atom stereocenters. The molecular formula is C16H16F2N2O3S. The van der Waals surface area contributed by atoms with E-state index in [4.69, 9.17) is 0 Å². The minimum Gasteiger partial charge on any atom is -0.351 e. The van der Waals surface area contributed by atoms with E-state index in [0.717, 1.165) is 23.8 Å². The molecule has 0 spiro atoms. The molecule has 2 aromatic rings. The van der Waals surface area contributed by atoms with Crippen molar-refractivity contribution in [1.29, 1.82) is 0 Å². The van der Waals surface area contributed by atoms with Gasteiger partial charge in [-0.2, -0.15) is 0 Å². The van der Waals surface area contributed by atoms with E-state index in [1.54, 1.807) is 12.1 Å². The molecule has 0 bridgehead atoms. The van der Waals surface area contributed by atoms with Crippen molar-refractivity contribution in [3.8, 4) is 0 Å². The molecule has 2 rings (SSSR count). The summed E-state index contributed by atoms with van der Waals surface area (Å²) in [6.45, 7) is 1.68. The van der Waals surface area contributed by atoms with Crippen LogP contribution < -0.4 is 10.0 Å². The number of rotatable bonds is 6. The van der Waals surface area contributed by atoms with Crippen molar-refractivity contribution in [1.82, 2.24) is 10.0 Å². The first-order chi connectivity index (χ1) is 11.3. The van der Waals surface area contributed by atoms with Crippen molar-refractivity contribution in [2.75, 3.05) is 13.1 Å². The molecule has 8 heteroatoms. The maximum absolute atomic E-state index is 13.4. The summed E-state index contributed by atoms with van der Waals surface area (Å²) in [6, 6.07) is 8.82. The van der Waals surface area contributed by atoms with Crippen LogP contribution in [0.15, 0.2) is 47.4 Å². The fourth-order valence-electron chi connectivity index (χ4n) is 1.93. The third-order valence-electron chi connectivity index (χ3n) is 3.21. The van der Waals surface area contributed by atoms with Crippen LogP contribution in [0.4, 0.5) is 8.78 Å². The van der Waals surface area contributed by atoms with Crippen LogP contribution in [0.2, 0.25) is 0 Å². The molecule has 0 atom stereocenters. The molecule has 2 aromatic carbocycles. The van der Waals surface area contributed by atoms with Gasteiger partial charge in [-0.3, -0.25) is 4.79 Å². The molecule has 1 amide bonds. The molecular weight excluding hydrogens is 338 g/mol. The highest BCUT2D eigenvalue weighted by atomic mass is 32.2. The van der Waals surface area contributed by atoms with Gasteiger partial charge < -0.3 is 5.32 Å². The van der Waals surface area contributed by atoms with Gasteiger partial charge in [0, 0.05) is 13.1 Å². The minimum atomic E-state index is -3.69. The molecule has 5 nitrogen and oxygen atoms in total. The highest BCUT2D eigenvalue weighted by Gasteiger charge is 2.15. The number of carbonyl (C=O) groups is 1. The van der Waals surface area contributed by atoms with Gasteiger partial charge in [0.25, 0.3) is 5.91 Å². The summed E-state index contributed by atoms with van der Waals surface area (Å²) in [5.41, 5.74) is 0.495. The molecule has 0 radical (unpaired) electrons. The van der Waals surface area contributed by atoms with Gasteiger partial charge in [-0.05, 0) is 37.3 Å². The number of benzene rings is 2. The standard InChI is InChI=1S/C16H16F2N2O3S/c1-11-2-5-13(6-3-11)24(22,23)20-9-8-19-16(21)14-10-12(17)4-7-15(14)18/h2-7,10,20H,8-9H2,1H3,(H,19,21). The van der Waals surface area contributed by atoms with E-state index >= 15 is 0 Å². The molecule has 0 fully saturated rings. The number of carbonyl (C=O) groups excluding carboxylic acids is 1. The van der Waals surface area contributed by atoms with Crippen molar-refractivity contribution in [3.63, 3.8) is 0 Å². The van der Waals surface area contributed by atoms with Gasteiger partial charge in [0.1, 0.15) is 11.6 Å². The Morgan fingerprint density at radius 1 is 1.04 bits per heavy atom. The summed E-state index contributed by atoms with van der Waals surface area (Å²) >= 11 is 0. The van der Waals surface area contributed by atoms with Crippen LogP contribution in [0.1, 0.15) is 15.9 Å². The molecule has 0 saturated carbocycles. The van der Waals surface area contributed by atoms with Crippen LogP contribution in [0.25, 0.3) is 0 Å². The number of halogens is 2. The fraction of sp³-hybridized carbons (Fsp3) is 0.188. The second kappa shape index (κ2) is 7.50. The summed E-state index contributed by atoms with van der Waals surface area (Å²) in [7, 11) is -3.69. The smallest absolute Gasteiger partial charge is 0.254 e. The van der Waals surface area contributed by atoms with Gasteiger partial charge in [-0.15, -0.1) is 0 Å². The zero-order valence-electron chi connectivity index (χ0n) is 12.8. The van der Waals surface area contributed by atoms with Crippen molar-refractivity contribution >= 4 is 15.9 Å². The zero-order chi connectivity index (χ0) is 17.7. The van der Waals surface area contributed by atoms with Crippen molar-refractivity contribution in [2.45, 2.75) is 11.8 Å². The summed E-state index contributed by atoms with van der Waals surface area (Å²) in [5, 5.41) is 2.33. The SMILES string of the molecule is Cc1ccc(S(=O)(=O)NCCNC(=O)c2cc(F)ccc2F)cc1. The Kier molecular flexibility index (Phi) is 5.63. The average molecular weight is 354 g/mol. The van der Waals surface area contributed by atoms with E-state index in [9.17, 15) is 22.0 Å². The van der Waals surface area contributed by atoms with E-state index in [0.29, 0.717) is 0 Å². The van der Waals surface area contributed by atoms with E-state index in [2.05, 4.69) is 10.0 Å².